The number of aromatic nitrogens is 2. The predicted octanol–water partition coefficient (Wildman–Crippen LogP) is -0.0786. The maximum atomic E-state index is 12.4. The molecule has 0 saturated heterocycles. The zero-order valence-corrected chi connectivity index (χ0v) is 7.78. The number of hydrogen-bond donors (Lipinski definition) is 0. The lowest BCUT2D eigenvalue weighted by molar-refractivity contribution is 0.0592. The SMILES string of the molecule is COC(=O)c1cncc(S(=O)(=O)F)n1. The van der Waals surface area contributed by atoms with Crippen molar-refractivity contribution >= 4 is 16.2 Å². The molecule has 1 rings (SSSR count). The van der Waals surface area contributed by atoms with Crippen LogP contribution in [0.2, 0.25) is 0 Å². The van der Waals surface area contributed by atoms with E-state index in [1.54, 1.807) is 0 Å². The van der Waals surface area contributed by atoms with E-state index in [-0.39, 0.29) is 5.69 Å². The van der Waals surface area contributed by atoms with Crippen LogP contribution >= 0.6 is 0 Å². The summed E-state index contributed by atoms with van der Waals surface area (Å²) in [5.41, 5.74) is -0.369. The van der Waals surface area contributed by atoms with Crippen molar-refractivity contribution in [1.29, 1.82) is 0 Å². The summed E-state index contributed by atoms with van der Waals surface area (Å²) in [4.78, 5) is 17.4. The number of nitrogens with zero attached hydrogens (tertiary/aromatic N) is 2. The number of carbonyl (C=O) groups is 1. The van der Waals surface area contributed by atoms with Gasteiger partial charge in [0.1, 0.15) is 0 Å². The minimum atomic E-state index is -4.95. The molecule has 0 atom stereocenters. The Balaban J connectivity index is 3.21. The molecule has 0 unspecified atom stereocenters. The second-order valence-electron chi connectivity index (χ2n) is 2.17. The van der Waals surface area contributed by atoms with Crippen LogP contribution in [0.1, 0.15) is 10.5 Å². The molecular formula is C6H5FN2O4S. The first-order valence-corrected chi connectivity index (χ1v) is 4.68. The first-order valence-electron chi connectivity index (χ1n) is 3.30. The zero-order chi connectivity index (χ0) is 10.8. The molecule has 14 heavy (non-hydrogen) atoms. The van der Waals surface area contributed by atoms with Gasteiger partial charge in [-0.2, -0.15) is 8.42 Å². The van der Waals surface area contributed by atoms with Crippen molar-refractivity contribution in [3.05, 3.63) is 18.1 Å². The van der Waals surface area contributed by atoms with Gasteiger partial charge in [0.25, 0.3) is 0 Å². The lowest BCUT2D eigenvalue weighted by Gasteiger charge is -1.98. The third-order valence-corrected chi connectivity index (χ3v) is 1.95. The third kappa shape index (κ3) is 2.22. The number of methoxy groups -OCH3 is 1. The van der Waals surface area contributed by atoms with E-state index in [1.807, 2.05) is 0 Å². The van der Waals surface area contributed by atoms with E-state index >= 15 is 0 Å². The van der Waals surface area contributed by atoms with E-state index in [1.165, 1.54) is 0 Å². The Bertz CT molecular complexity index is 459. The number of ether oxygens (including phenoxy) is 1. The Kier molecular flexibility index (Phi) is 2.75. The summed E-state index contributed by atoms with van der Waals surface area (Å²) in [7, 11) is -3.86. The summed E-state index contributed by atoms with van der Waals surface area (Å²) in [5, 5.41) is -0.916. The molecule has 76 valence electrons. The molecule has 0 aliphatic carbocycles. The van der Waals surface area contributed by atoms with Crippen molar-refractivity contribution in [2.24, 2.45) is 0 Å². The fourth-order valence-corrected chi connectivity index (χ4v) is 1.06. The van der Waals surface area contributed by atoms with E-state index in [0.717, 1.165) is 13.3 Å². The average molecular weight is 220 g/mol. The Labute approximate surface area is 79.0 Å². The summed E-state index contributed by atoms with van der Waals surface area (Å²) in [6.07, 6.45) is 1.67. The molecule has 1 heterocycles. The number of carbonyl (C=O) groups excluding carboxylic acids is 1. The Hall–Kier alpha value is -1.57. The molecule has 0 spiro atoms. The predicted molar refractivity (Wildman–Crippen MR) is 41.7 cm³/mol. The fraction of sp³-hybridized carbons (Fsp3) is 0.167. The summed E-state index contributed by atoms with van der Waals surface area (Å²) in [6.45, 7) is 0. The molecule has 0 amide bonds. The first kappa shape index (κ1) is 10.5. The van der Waals surface area contributed by atoms with Crippen LogP contribution < -0.4 is 0 Å². The molecule has 0 aromatic carbocycles. The van der Waals surface area contributed by atoms with Crippen molar-refractivity contribution in [1.82, 2.24) is 9.97 Å². The highest BCUT2D eigenvalue weighted by molar-refractivity contribution is 7.86. The van der Waals surface area contributed by atoms with Crippen LogP contribution in [0.5, 0.6) is 0 Å². The van der Waals surface area contributed by atoms with Crippen molar-refractivity contribution in [3.63, 3.8) is 0 Å². The van der Waals surface area contributed by atoms with E-state index in [2.05, 4.69) is 14.7 Å². The van der Waals surface area contributed by atoms with Crippen LogP contribution in [0.15, 0.2) is 17.4 Å². The van der Waals surface area contributed by atoms with Gasteiger partial charge in [-0.15, -0.1) is 0 Å². The van der Waals surface area contributed by atoms with Gasteiger partial charge in [0.05, 0.1) is 19.5 Å². The van der Waals surface area contributed by atoms with Gasteiger partial charge >= 0.3 is 16.2 Å². The fourth-order valence-electron chi connectivity index (χ4n) is 0.668. The average Bonchev–Trinajstić information content (AvgIpc) is 2.15. The summed E-state index contributed by atoms with van der Waals surface area (Å²) in [5.74, 6) is -0.886. The quantitative estimate of drug-likeness (QED) is 0.512. The molecule has 0 N–H and O–H groups in total. The highest BCUT2D eigenvalue weighted by Gasteiger charge is 2.17. The highest BCUT2D eigenvalue weighted by atomic mass is 32.3. The van der Waals surface area contributed by atoms with Gasteiger partial charge in [-0.05, 0) is 0 Å². The number of hydrogen-bond acceptors (Lipinski definition) is 6. The van der Waals surface area contributed by atoms with Gasteiger partial charge in [0, 0.05) is 0 Å². The monoisotopic (exact) mass is 220 g/mol. The molecule has 8 heteroatoms. The first-order chi connectivity index (χ1) is 6.45. The molecule has 0 saturated carbocycles. The number of rotatable bonds is 2. The number of halogens is 1. The molecule has 0 aliphatic rings. The lowest BCUT2D eigenvalue weighted by Crippen LogP contribution is -2.08. The van der Waals surface area contributed by atoms with Gasteiger partial charge in [-0.3, -0.25) is 4.98 Å². The Morgan fingerprint density at radius 3 is 2.64 bits per heavy atom. The molecule has 6 nitrogen and oxygen atoms in total. The van der Waals surface area contributed by atoms with E-state index in [0.29, 0.717) is 6.20 Å². The van der Waals surface area contributed by atoms with Crippen molar-refractivity contribution in [2.75, 3.05) is 7.11 Å². The maximum absolute atomic E-state index is 12.4. The Morgan fingerprint density at radius 2 is 2.14 bits per heavy atom. The largest absolute Gasteiger partial charge is 0.464 e. The van der Waals surface area contributed by atoms with Crippen molar-refractivity contribution in [3.8, 4) is 0 Å². The van der Waals surface area contributed by atoms with E-state index in [4.69, 9.17) is 0 Å². The van der Waals surface area contributed by atoms with E-state index < -0.39 is 21.2 Å². The molecular weight excluding hydrogens is 215 g/mol. The van der Waals surface area contributed by atoms with Crippen LogP contribution in [0, 0.1) is 0 Å². The van der Waals surface area contributed by atoms with Gasteiger partial charge in [-0.1, -0.05) is 3.89 Å². The lowest BCUT2D eigenvalue weighted by atomic mass is 10.5. The standard InChI is InChI=1S/C6H5FN2O4S/c1-13-6(10)4-2-8-3-5(9-4)14(7,11)12/h2-3H,1H3. The minimum Gasteiger partial charge on any atom is -0.464 e. The van der Waals surface area contributed by atoms with E-state index in [9.17, 15) is 17.1 Å². The van der Waals surface area contributed by atoms with Crippen LogP contribution in [0.4, 0.5) is 3.89 Å². The smallest absolute Gasteiger partial charge is 0.358 e. The molecule has 0 radical (unpaired) electrons. The van der Waals surface area contributed by atoms with Gasteiger partial charge < -0.3 is 4.74 Å². The summed E-state index contributed by atoms with van der Waals surface area (Å²) >= 11 is 0. The topological polar surface area (TPSA) is 86.2 Å². The molecule has 1 aromatic rings. The number of esters is 1. The second-order valence-corrected chi connectivity index (χ2v) is 3.47. The van der Waals surface area contributed by atoms with Crippen molar-refractivity contribution in [2.45, 2.75) is 5.03 Å². The second kappa shape index (κ2) is 3.66. The van der Waals surface area contributed by atoms with Crippen LogP contribution in [-0.4, -0.2) is 31.5 Å². The summed E-state index contributed by atoms with van der Waals surface area (Å²) in [6, 6.07) is 0. The highest BCUT2D eigenvalue weighted by Crippen LogP contribution is 2.07. The summed E-state index contributed by atoms with van der Waals surface area (Å²) < 4.78 is 37.4. The van der Waals surface area contributed by atoms with Gasteiger partial charge in [0.15, 0.2) is 5.69 Å². The zero-order valence-electron chi connectivity index (χ0n) is 6.97. The van der Waals surface area contributed by atoms with Gasteiger partial charge in [-0.25, -0.2) is 9.78 Å². The van der Waals surface area contributed by atoms with Crippen molar-refractivity contribution < 1.29 is 21.8 Å². The Morgan fingerprint density at radius 1 is 1.50 bits per heavy atom. The minimum absolute atomic E-state index is 0.369. The van der Waals surface area contributed by atoms with Gasteiger partial charge in [0.2, 0.25) is 5.03 Å². The molecule has 0 bridgehead atoms. The van der Waals surface area contributed by atoms with Crippen LogP contribution in [0.3, 0.4) is 0 Å². The molecule has 1 aromatic heterocycles. The maximum Gasteiger partial charge on any atom is 0.358 e. The van der Waals surface area contributed by atoms with Crippen LogP contribution in [-0.2, 0) is 15.0 Å². The molecule has 0 fully saturated rings. The van der Waals surface area contributed by atoms with Crippen LogP contribution in [0.25, 0.3) is 0 Å². The normalized spacial score (nSPS) is 11.0. The molecule has 0 aliphatic heterocycles. The third-order valence-electron chi connectivity index (χ3n) is 1.26.